The van der Waals surface area contributed by atoms with Crippen molar-refractivity contribution in [2.75, 3.05) is 6.61 Å². The lowest BCUT2D eigenvalue weighted by Crippen LogP contribution is -2.21. The van der Waals surface area contributed by atoms with Gasteiger partial charge in [-0.1, -0.05) is 35.6 Å². The van der Waals surface area contributed by atoms with Gasteiger partial charge in [-0.15, -0.1) is 0 Å². The van der Waals surface area contributed by atoms with Crippen molar-refractivity contribution < 1.29 is 9.53 Å². The first-order chi connectivity index (χ1) is 9.78. The number of benzene rings is 1. The maximum absolute atomic E-state index is 11.7. The smallest absolute Gasteiger partial charge is 0.162 e. The van der Waals surface area contributed by atoms with Crippen LogP contribution in [-0.2, 0) is 11.5 Å². The summed E-state index contributed by atoms with van der Waals surface area (Å²) in [5.41, 5.74) is 2.29. The Morgan fingerprint density at radius 1 is 1.38 bits per heavy atom. The molecule has 1 aromatic heterocycles. The van der Waals surface area contributed by atoms with Gasteiger partial charge in [0.25, 0.3) is 0 Å². The average Bonchev–Trinajstić information content (AvgIpc) is 2.75. The molecule has 0 N–H and O–H groups in total. The molecule has 0 fully saturated rings. The van der Waals surface area contributed by atoms with E-state index in [0.29, 0.717) is 12.3 Å². The summed E-state index contributed by atoms with van der Waals surface area (Å²) in [5, 5.41) is 0. The minimum atomic E-state index is -1.07. The molecule has 0 aliphatic heterocycles. The number of hydrogen-bond donors (Lipinski definition) is 0. The van der Waals surface area contributed by atoms with Gasteiger partial charge in [-0.2, -0.15) is 0 Å². The van der Waals surface area contributed by atoms with Crippen molar-refractivity contribution in [2.24, 2.45) is 0 Å². The first-order valence-corrected chi connectivity index (χ1v) is 11.5. The number of nitrogens with zero attached hydrogens (tertiary/aromatic N) is 2. The Labute approximate surface area is 134 Å². The van der Waals surface area contributed by atoms with Crippen molar-refractivity contribution in [1.29, 1.82) is 0 Å². The average molecular weight is 369 g/mol. The van der Waals surface area contributed by atoms with Gasteiger partial charge in [0.1, 0.15) is 6.73 Å². The number of Topliss-reactive ketones (excluding diaryl/α,β-unsaturated/α-hetero) is 1. The first kappa shape index (κ1) is 16.4. The van der Waals surface area contributed by atoms with Crippen LogP contribution in [0, 0.1) is 0 Å². The molecule has 0 spiro atoms. The van der Waals surface area contributed by atoms with Gasteiger partial charge in [0.05, 0.1) is 17.4 Å². The summed E-state index contributed by atoms with van der Waals surface area (Å²) < 4.78 is 8.58. The van der Waals surface area contributed by atoms with Gasteiger partial charge >= 0.3 is 0 Å². The number of halogens is 1. The van der Waals surface area contributed by atoms with E-state index in [1.807, 2.05) is 16.7 Å². The standard InChI is InChI=1S/C15H21BrN2O2Si/c1-11(19)13-7-12(16)8-14-15(13)17-9-18(14)10-20-5-6-21(2,3)4/h7-9H,5-6,10H2,1-4H3. The molecule has 6 heteroatoms. The number of ether oxygens (including phenoxy) is 1. The Hall–Kier alpha value is -0.983. The lowest BCUT2D eigenvalue weighted by molar-refractivity contribution is 0.0898. The molecule has 21 heavy (non-hydrogen) atoms. The monoisotopic (exact) mass is 368 g/mol. The molecule has 0 saturated heterocycles. The Morgan fingerprint density at radius 2 is 2.10 bits per heavy atom. The number of imidazole rings is 1. The molecule has 0 saturated carbocycles. The molecule has 1 aromatic carbocycles. The molecule has 1 heterocycles. The maximum atomic E-state index is 11.7. The summed E-state index contributed by atoms with van der Waals surface area (Å²) >= 11 is 3.45. The van der Waals surface area contributed by atoms with Gasteiger partial charge in [-0.05, 0) is 25.1 Å². The summed E-state index contributed by atoms with van der Waals surface area (Å²) in [7, 11) is -1.07. The number of rotatable bonds is 6. The molecule has 0 unspecified atom stereocenters. The molecule has 2 rings (SSSR count). The number of ketones is 1. The highest BCUT2D eigenvalue weighted by Crippen LogP contribution is 2.24. The minimum absolute atomic E-state index is 0.0196. The summed E-state index contributed by atoms with van der Waals surface area (Å²) in [6.07, 6.45) is 1.73. The van der Waals surface area contributed by atoms with Crippen molar-refractivity contribution in [1.82, 2.24) is 9.55 Å². The van der Waals surface area contributed by atoms with Gasteiger partial charge in [0.2, 0.25) is 0 Å². The number of hydrogen-bond acceptors (Lipinski definition) is 3. The fourth-order valence-electron chi connectivity index (χ4n) is 2.04. The highest BCUT2D eigenvalue weighted by atomic mass is 79.9. The second kappa shape index (κ2) is 6.42. The van der Waals surface area contributed by atoms with Crippen LogP contribution in [0.3, 0.4) is 0 Å². The first-order valence-electron chi connectivity index (χ1n) is 7.01. The van der Waals surface area contributed by atoms with E-state index in [9.17, 15) is 4.79 Å². The zero-order valence-corrected chi connectivity index (χ0v) is 15.5. The molecule has 0 aliphatic carbocycles. The number of carbonyl (C=O) groups excluding carboxylic acids is 1. The summed E-state index contributed by atoms with van der Waals surface area (Å²) in [6, 6.07) is 4.92. The van der Waals surface area contributed by atoms with Crippen molar-refractivity contribution in [2.45, 2.75) is 39.3 Å². The number of aromatic nitrogens is 2. The lowest BCUT2D eigenvalue weighted by atomic mass is 10.1. The van der Waals surface area contributed by atoms with Crippen molar-refractivity contribution >= 4 is 40.8 Å². The van der Waals surface area contributed by atoms with Crippen LogP contribution in [0.15, 0.2) is 22.9 Å². The van der Waals surface area contributed by atoms with Crippen LogP contribution >= 0.6 is 15.9 Å². The van der Waals surface area contributed by atoms with Crippen molar-refractivity contribution in [3.63, 3.8) is 0 Å². The zero-order chi connectivity index (χ0) is 15.6. The van der Waals surface area contributed by atoms with E-state index in [2.05, 4.69) is 40.6 Å². The van der Waals surface area contributed by atoms with Gasteiger partial charge in [-0.3, -0.25) is 4.79 Å². The Kier molecular flexibility index (Phi) is 5.01. The third kappa shape index (κ3) is 4.25. The highest BCUT2D eigenvalue weighted by Gasteiger charge is 2.14. The largest absolute Gasteiger partial charge is 0.361 e. The van der Waals surface area contributed by atoms with Crippen molar-refractivity contribution in [3.8, 4) is 0 Å². The third-order valence-corrected chi connectivity index (χ3v) is 5.46. The fourth-order valence-corrected chi connectivity index (χ4v) is 3.24. The van der Waals surface area contributed by atoms with Crippen LogP contribution in [0.25, 0.3) is 11.0 Å². The van der Waals surface area contributed by atoms with E-state index in [4.69, 9.17) is 4.74 Å². The van der Waals surface area contributed by atoms with Crippen LogP contribution in [0.4, 0.5) is 0 Å². The minimum Gasteiger partial charge on any atom is -0.361 e. The number of fused-ring (bicyclic) bond motifs is 1. The molecular weight excluding hydrogens is 348 g/mol. The predicted molar refractivity (Wildman–Crippen MR) is 91.5 cm³/mol. The Bertz CT molecular complexity index is 661. The second-order valence-corrected chi connectivity index (χ2v) is 13.0. The van der Waals surface area contributed by atoms with E-state index < -0.39 is 8.07 Å². The SMILES string of the molecule is CC(=O)c1cc(Br)cc2c1ncn2COCC[Si](C)(C)C. The van der Waals surface area contributed by atoms with E-state index in [-0.39, 0.29) is 5.78 Å². The zero-order valence-electron chi connectivity index (χ0n) is 12.9. The topological polar surface area (TPSA) is 44.1 Å². The van der Waals surface area contributed by atoms with E-state index >= 15 is 0 Å². The Balaban J connectivity index is 2.16. The molecule has 2 aromatic rings. The Morgan fingerprint density at radius 3 is 2.71 bits per heavy atom. The molecule has 114 valence electrons. The van der Waals surface area contributed by atoms with Gasteiger partial charge in [0, 0.05) is 24.7 Å². The highest BCUT2D eigenvalue weighted by molar-refractivity contribution is 9.10. The van der Waals surface area contributed by atoms with E-state index in [0.717, 1.165) is 28.2 Å². The molecular formula is C15H21BrN2O2Si. The lowest BCUT2D eigenvalue weighted by Gasteiger charge is -2.15. The summed E-state index contributed by atoms with van der Waals surface area (Å²) in [4.78, 5) is 16.1. The predicted octanol–water partition coefficient (Wildman–Crippen LogP) is 4.31. The van der Waals surface area contributed by atoms with Gasteiger partial charge in [0.15, 0.2) is 5.78 Å². The van der Waals surface area contributed by atoms with Crippen molar-refractivity contribution in [3.05, 3.63) is 28.5 Å². The molecule has 0 amide bonds. The van der Waals surface area contributed by atoms with Crippen LogP contribution in [0.5, 0.6) is 0 Å². The number of carbonyl (C=O) groups is 1. The molecule has 0 aliphatic rings. The fraction of sp³-hybridized carbons (Fsp3) is 0.467. The summed E-state index contributed by atoms with van der Waals surface area (Å²) in [6.45, 7) is 9.79. The molecule has 4 nitrogen and oxygen atoms in total. The van der Waals surface area contributed by atoms with Crippen LogP contribution in [0.1, 0.15) is 17.3 Å². The van der Waals surface area contributed by atoms with Gasteiger partial charge < -0.3 is 9.30 Å². The molecule has 0 atom stereocenters. The van der Waals surface area contributed by atoms with Crippen LogP contribution < -0.4 is 0 Å². The van der Waals surface area contributed by atoms with Crippen LogP contribution in [-0.4, -0.2) is 30.0 Å². The third-order valence-electron chi connectivity index (χ3n) is 3.30. The second-order valence-electron chi connectivity index (χ2n) is 6.44. The quantitative estimate of drug-likeness (QED) is 0.433. The molecule has 0 radical (unpaired) electrons. The van der Waals surface area contributed by atoms with Gasteiger partial charge in [-0.25, -0.2) is 4.98 Å². The van der Waals surface area contributed by atoms with E-state index in [1.54, 1.807) is 13.3 Å². The van der Waals surface area contributed by atoms with E-state index in [1.165, 1.54) is 0 Å². The molecule has 0 bridgehead atoms. The summed E-state index contributed by atoms with van der Waals surface area (Å²) in [5.74, 6) is 0.0196. The normalized spacial score (nSPS) is 12.0. The maximum Gasteiger partial charge on any atom is 0.162 e. The van der Waals surface area contributed by atoms with Crippen LogP contribution in [0.2, 0.25) is 25.7 Å².